The number of anilines is 2. The predicted molar refractivity (Wildman–Crippen MR) is 117 cm³/mol. The van der Waals surface area contributed by atoms with Crippen molar-refractivity contribution < 1.29 is 22.7 Å². The lowest BCUT2D eigenvalue weighted by Gasteiger charge is -2.26. The van der Waals surface area contributed by atoms with Gasteiger partial charge in [0.2, 0.25) is 15.9 Å². The maximum atomic E-state index is 13.3. The topological polar surface area (TPSA) is 105 Å². The first-order valence-electron chi connectivity index (χ1n) is 9.88. The van der Waals surface area contributed by atoms with Gasteiger partial charge in [-0.15, -0.1) is 0 Å². The van der Waals surface area contributed by atoms with Crippen LogP contribution in [-0.2, 0) is 19.6 Å². The molecular weight excluding hydrogens is 442 g/mol. The molecule has 10 heteroatoms. The Kier molecular flexibility index (Phi) is 5.67. The minimum atomic E-state index is -3.97. The minimum absolute atomic E-state index is 0.0108. The first-order chi connectivity index (χ1) is 14.7. The van der Waals surface area contributed by atoms with Gasteiger partial charge in [-0.05, 0) is 62.6 Å². The molecule has 2 atom stereocenters. The number of sulfonamides is 1. The highest BCUT2D eigenvalue weighted by Gasteiger charge is 2.40. The Morgan fingerprint density at radius 2 is 2.06 bits per heavy atom. The number of hydrogen-bond donors (Lipinski definition) is 2. The fraction of sp³-hybridized carbons (Fsp3) is 0.333. The molecule has 0 aliphatic carbocycles. The van der Waals surface area contributed by atoms with Gasteiger partial charge in [-0.3, -0.25) is 9.59 Å². The highest BCUT2D eigenvalue weighted by atomic mass is 35.5. The molecule has 2 aromatic carbocycles. The number of halogens is 1. The molecule has 0 saturated carbocycles. The van der Waals surface area contributed by atoms with Crippen molar-refractivity contribution in [3.05, 3.63) is 47.0 Å². The minimum Gasteiger partial charge on any atom is -0.479 e. The Hall–Kier alpha value is -2.62. The number of carbonyl (C=O) groups excluding carboxylic acids is 2. The maximum absolute atomic E-state index is 13.3. The average molecular weight is 464 g/mol. The van der Waals surface area contributed by atoms with Gasteiger partial charge >= 0.3 is 0 Å². The summed E-state index contributed by atoms with van der Waals surface area (Å²) in [6.45, 7) is 3.62. The van der Waals surface area contributed by atoms with Crippen molar-refractivity contribution in [3.63, 3.8) is 0 Å². The quantitative estimate of drug-likeness (QED) is 0.724. The van der Waals surface area contributed by atoms with Gasteiger partial charge in [0.05, 0.1) is 10.6 Å². The third-order valence-corrected chi connectivity index (χ3v) is 7.83. The summed E-state index contributed by atoms with van der Waals surface area (Å²) in [6, 6.07) is 8.62. The van der Waals surface area contributed by atoms with Crippen LogP contribution in [0.2, 0.25) is 5.02 Å². The molecule has 2 heterocycles. The lowest BCUT2D eigenvalue weighted by atomic mass is 10.1. The van der Waals surface area contributed by atoms with Crippen LogP contribution in [0.1, 0.15) is 25.3 Å². The highest BCUT2D eigenvalue weighted by molar-refractivity contribution is 7.89. The second kappa shape index (κ2) is 8.14. The van der Waals surface area contributed by atoms with Crippen LogP contribution in [0.25, 0.3) is 0 Å². The molecular formula is C21H22ClN3O5S. The van der Waals surface area contributed by atoms with Crippen molar-refractivity contribution in [1.29, 1.82) is 0 Å². The zero-order chi connectivity index (χ0) is 22.3. The number of nitrogens with one attached hydrogen (secondary N) is 2. The van der Waals surface area contributed by atoms with E-state index >= 15 is 0 Å². The smallest absolute Gasteiger partial charge is 0.265 e. The molecule has 2 N–H and O–H groups in total. The van der Waals surface area contributed by atoms with E-state index < -0.39 is 28.1 Å². The molecule has 0 radical (unpaired) electrons. The van der Waals surface area contributed by atoms with Crippen LogP contribution in [0, 0.1) is 6.92 Å². The molecule has 164 valence electrons. The van der Waals surface area contributed by atoms with E-state index in [9.17, 15) is 18.0 Å². The maximum Gasteiger partial charge on any atom is 0.265 e. The lowest BCUT2D eigenvalue weighted by Crippen LogP contribution is -2.43. The fourth-order valence-electron chi connectivity index (χ4n) is 3.73. The summed E-state index contributed by atoms with van der Waals surface area (Å²) in [5, 5.41) is 5.97. The highest BCUT2D eigenvalue weighted by Crippen LogP contribution is 2.35. The van der Waals surface area contributed by atoms with Gasteiger partial charge in [0.1, 0.15) is 11.8 Å². The van der Waals surface area contributed by atoms with Crippen LogP contribution in [0.4, 0.5) is 11.4 Å². The summed E-state index contributed by atoms with van der Waals surface area (Å²) >= 11 is 6.12. The van der Waals surface area contributed by atoms with Gasteiger partial charge in [0.25, 0.3) is 5.91 Å². The zero-order valence-electron chi connectivity index (χ0n) is 17.0. The molecule has 0 unspecified atom stereocenters. The monoisotopic (exact) mass is 463 g/mol. The van der Waals surface area contributed by atoms with E-state index in [-0.39, 0.29) is 17.3 Å². The summed E-state index contributed by atoms with van der Waals surface area (Å²) in [4.78, 5) is 24.8. The molecule has 2 aromatic rings. The molecule has 2 aliphatic heterocycles. The average Bonchev–Trinajstić information content (AvgIpc) is 3.23. The van der Waals surface area contributed by atoms with E-state index in [0.717, 1.165) is 0 Å². The number of carbonyl (C=O) groups is 2. The van der Waals surface area contributed by atoms with Crippen molar-refractivity contribution in [2.24, 2.45) is 0 Å². The first-order valence-corrected chi connectivity index (χ1v) is 11.7. The second-order valence-corrected chi connectivity index (χ2v) is 9.88. The van der Waals surface area contributed by atoms with Crippen LogP contribution >= 0.6 is 11.6 Å². The number of amides is 2. The van der Waals surface area contributed by atoms with Gasteiger partial charge in [-0.25, -0.2) is 8.42 Å². The number of benzene rings is 2. The summed E-state index contributed by atoms with van der Waals surface area (Å²) in [5.41, 5.74) is 1.55. The normalized spacial score (nSPS) is 21.2. The molecule has 0 spiro atoms. The summed E-state index contributed by atoms with van der Waals surface area (Å²) < 4.78 is 33.3. The Balaban J connectivity index is 1.59. The van der Waals surface area contributed by atoms with Gasteiger partial charge in [-0.2, -0.15) is 4.31 Å². The number of fused-ring (bicyclic) bond motifs is 1. The molecule has 0 aromatic heterocycles. The van der Waals surface area contributed by atoms with Crippen molar-refractivity contribution in [1.82, 2.24) is 4.31 Å². The zero-order valence-corrected chi connectivity index (χ0v) is 18.6. The van der Waals surface area contributed by atoms with E-state index in [0.29, 0.717) is 40.6 Å². The second-order valence-electron chi connectivity index (χ2n) is 7.58. The van der Waals surface area contributed by atoms with E-state index in [4.69, 9.17) is 16.3 Å². The van der Waals surface area contributed by atoms with Crippen LogP contribution in [0.5, 0.6) is 5.75 Å². The molecule has 1 fully saturated rings. The fourth-order valence-corrected chi connectivity index (χ4v) is 5.59. The van der Waals surface area contributed by atoms with Gasteiger partial charge in [0.15, 0.2) is 6.10 Å². The number of hydrogen-bond acceptors (Lipinski definition) is 5. The summed E-state index contributed by atoms with van der Waals surface area (Å²) in [6.07, 6.45) is 0.317. The van der Waals surface area contributed by atoms with Crippen LogP contribution < -0.4 is 15.4 Å². The van der Waals surface area contributed by atoms with Crippen LogP contribution in [0.3, 0.4) is 0 Å². The largest absolute Gasteiger partial charge is 0.479 e. The van der Waals surface area contributed by atoms with Gasteiger partial charge in [-0.1, -0.05) is 17.7 Å². The van der Waals surface area contributed by atoms with E-state index in [1.54, 1.807) is 32.0 Å². The number of nitrogens with zero attached hydrogens (tertiary/aromatic N) is 1. The van der Waals surface area contributed by atoms with Crippen LogP contribution in [-0.4, -0.2) is 43.2 Å². The molecule has 2 amide bonds. The third kappa shape index (κ3) is 4.00. The van der Waals surface area contributed by atoms with E-state index in [1.165, 1.54) is 22.5 Å². The summed E-state index contributed by atoms with van der Waals surface area (Å²) in [5.74, 6) is -0.356. The molecule has 2 aliphatic rings. The molecule has 4 rings (SSSR count). The predicted octanol–water partition coefficient (Wildman–Crippen LogP) is 3.16. The Morgan fingerprint density at radius 1 is 1.29 bits per heavy atom. The Labute approximate surface area is 185 Å². The van der Waals surface area contributed by atoms with E-state index in [2.05, 4.69) is 10.6 Å². The molecule has 8 nitrogen and oxygen atoms in total. The van der Waals surface area contributed by atoms with Crippen molar-refractivity contribution in [3.8, 4) is 5.75 Å². The Morgan fingerprint density at radius 3 is 2.84 bits per heavy atom. The van der Waals surface area contributed by atoms with Crippen molar-refractivity contribution in [2.75, 3.05) is 17.2 Å². The molecule has 31 heavy (non-hydrogen) atoms. The lowest BCUT2D eigenvalue weighted by molar-refractivity contribution is -0.122. The van der Waals surface area contributed by atoms with Gasteiger partial charge in [0, 0.05) is 17.3 Å². The third-order valence-electron chi connectivity index (χ3n) is 5.52. The van der Waals surface area contributed by atoms with Crippen molar-refractivity contribution >= 4 is 44.8 Å². The van der Waals surface area contributed by atoms with E-state index in [1.807, 2.05) is 0 Å². The van der Waals surface area contributed by atoms with Gasteiger partial charge < -0.3 is 15.4 Å². The standard InChI is InChI=1S/C21H22ClN3O5S/c1-12-15(22)5-3-6-16(12)23-21(27)18-7-4-10-25(18)31(28,29)14-8-9-19-17(11-14)24-20(26)13(2)30-19/h3,5-6,8-9,11,13,18H,4,7,10H2,1-2H3,(H,23,27)(H,24,26)/t13-,18-/m1/s1. The van der Waals surface area contributed by atoms with Crippen LogP contribution in [0.15, 0.2) is 41.3 Å². The SMILES string of the molecule is Cc1c(Cl)cccc1NC(=O)[C@H]1CCCN1S(=O)(=O)c1ccc2c(c1)NC(=O)[C@@H](C)O2. The Bertz CT molecular complexity index is 1170. The molecule has 1 saturated heterocycles. The summed E-state index contributed by atoms with van der Waals surface area (Å²) in [7, 11) is -3.97. The number of ether oxygens (including phenoxy) is 1. The first kappa shape index (κ1) is 21.6. The van der Waals surface area contributed by atoms with Crippen molar-refractivity contribution in [2.45, 2.75) is 43.7 Å². The molecule has 0 bridgehead atoms. The number of rotatable bonds is 4.